The molecule has 0 fully saturated rings. The van der Waals surface area contributed by atoms with Crippen molar-refractivity contribution in [1.82, 2.24) is 5.01 Å². The van der Waals surface area contributed by atoms with Gasteiger partial charge >= 0.3 is 0 Å². The minimum Gasteiger partial charge on any atom is -0.569 e. The molecule has 0 radical (unpaired) electrons. The third-order valence-corrected chi connectivity index (χ3v) is 1.49. The van der Waals surface area contributed by atoms with Crippen molar-refractivity contribution in [3.8, 4) is 0 Å². The summed E-state index contributed by atoms with van der Waals surface area (Å²) in [6.45, 7) is 5.20. The molecule has 0 aliphatic heterocycles. The van der Waals surface area contributed by atoms with E-state index in [-0.39, 0.29) is 13.2 Å². The van der Waals surface area contributed by atoms with Crippen LogP contribution in [0.15, 0.2) is 5.28 Å². The van der Waals surface area contributed by atoms with Gasteiger partial charge in [-0.05, 0) is 13.8 Å². The Balaban J connectivity index is 3.71. The number of aliphatic hydroxyl groups excluding tert-OH is 1. The lowest BCUT2D eigenvalue weighted by Gasteiger charge is -2.13. The van der Waals surface area contributed by atoms with Crippen LogP contribution in [-0.2, 0) is 4.84 Å². The zero-order valence-electron chi connectivity index (χ0n) is 8.14. The molecule has 0 unspecified atom stereocenters. The molecule has 1 N–H and O–H groups in total. The molecule has 0 aliphatic carbocycles. The predicted octanol–water partition coefficient (Wildman–Crippen LogP) is 0.520. The molecule has 0 aromatic carbocycles. The summed E-state index contributed by atoms with van der Waals surface area (Å²) in [5, 5.41) is 24.2. The molecule has 0 amide bonds. The van der Waals surface area contributed by atoms with Gasteiger partial charge in [-0.15, -0.1) is 5.01 Å². The Labute approximate surface area is 77.9 Å². The van der Waals surface area contributed by atoms with Gasteiger partial charge in [0.05, 0.1) is 18.1 Å². The number of hydrogen-bond acceptors (Lipinski definition) is 4. The van der Waals surface area contributed by atoms with Crippen molar-refractivity contribution in [3.63, 3.8) is 0 Å². The Kier molecular flexibility index (Phi) is 6.99. The molecule has 0 saturated heterocycles. The molecule has 0 spiro atoms. The average Bonchev–Trinajstić information content (AvgIpc) is 2.14. The second-order valence-electron chi connectivity index (χ2n) is 2.38. The fourth-order valence-electron chi connectivity index (χ4n) is 0.737. The molecule has 0 aromatic heterocycles. The highest BCUT2D eigenvalue weighted by Crippen LogP contribution is 1.90. The average molecular weight is 191 g/mol. The van der Waals surface area contributed by atoms with Gasteiger partial charge in [0.2, 0.25) is 5.28 Å². The van der Waals surface area contributed by atoms with Crippen LogP contribution in [0.3, 0.4) is 0 Å². The minimum absolute atomic E-state index is 0.0413. The summed E-state index contributed by atoms with van der Waals surface area (Å²) >= 11 is 0. The molecule has 13 heavy (non-hydrogen) atoms. The standard InChI is InChI=1S/C7H17N3O3/c1-3-9(4-2)10(12)8-13-7-5-6-11/h11H,3-7H2,1-2H3/b10-8-. The minimum atomic E-state index is 0.0413. The highest BCUT2D eigenvalue weighted by Gasteiger charge is 2.05. The molecule has 6 nitrogen and oxygen atoms in total. The fourth-order valence-corrected chi connectivity index (χ4v) is 0.737. The first-order valence-corrected chi connectivity index (χ1v) is 4.42. The lowest BCUT2D eigenvalue weighted by atomic mass is 10.5. The number of nitrogens with zero attached hydrogens (tertiary/aromatic N) is 3. The van der Waals surface area contributed by atoms with Crippen LogP contribution < -0.4 is 0 Å². The van der Waals surface area contributed by atoms with Crippen LogP contribution in [0.25, 0.3) is 0 Å². The van der Waals surface area contributed by atoms with Gasteiger partial charge in [-0.3, -0.25) is 0 Å². The Bertz CT molecular complexity index is 148. The van der Waals surface area contributed by atoms with Gasteiger partial charge in [-0.25, -0.2) is 0 Å². The second kappa shape index (κ2) is 7.60. The van der Waals surface area contributed by atoms with Crippen molar-refractivity contribution in [2.75, 3.05) is 26.3 Å². The summed E-state index contributed by atoms with van der Waals surface area (Å²) in [5.41, 5.74) is 0. The van der Waals surface area contributed by atoms with Crippen LogP contribution >= 0.6 is 0 Å². The van der Waals surface area contributed by atoms with Crippen molar-refractivity contribution >= 4 is 0 Å². The molecule has 0 saturated carbocycles. The van der Waals surface area contributed by atoms with Gasteiger partial charge in [0.15, 0.2) is 0 Å². The monoisotopic (exact) mass is 191 g/mol. The van der Waals surface area contributed by atoms with E-state index < -0.39 is 0 Å². The number of rotatable bonds is 7. The zero-order chi connectivity index (χ0) is 10.1. The van der Waals surface area contributed by atoms with Crippen LogP contribution in [0.1, 0.15) is 20.3 Å². The lowest BCUT2D eigenvalue weighted by molar-refractivity contribution is -0.710. The highest BCUT2D eigenvalue weighted by atomic mass is 16.7. The van der Waals surface area contributed by atoms with Gasteiger partial charge in [0.1, 0.15) is 6.61 Å². The van der Waals surface area contributed by atoms with Crippen LogP contribution in [0, 0.1) is 5.21 Å². The molecular formula is C7H17N3O3. The normalized spacial score (nSPS) is 11.5. The molecule has 0 atom stereocenters. The van der Waals surface area contributed by atoms with Crippen LogP contribution in [-0.4, -0.2) is 41.4 Å². The SMILES string of the molecule is CCN(CC)/[N+]([O-])=N/OCCCO. The highest BCUT2D eigenvalue weighted by molar-refractivity contribution is 4.30. The quantitative estimate of drug-likeness (QED) is 0.275. The topological polar surface area (TPSA) is 71.1 Å². The molecule has 6 heteroatoms. The molecule has 0 rings (SSSR count). The van der Waals surface area contributed by atoms with E-state index in [1.165, 1.54) is 5.01 Å². The van der Waals surface area contributed by atoms with Crippen LogP contribution in [0.2, 0.25) is 0 Å². The fraction of sp³-hybridized carbons (Fsp3) is 1.00. The number of aliphatic hydroxyl groups is 1. The Morgan fingerprint density at radius 2 is 2.08 bits per heavy atom. The summed E-state index contributed by atoms with van der Waals surface area (Å²) in [6, 6.07) is 0. The Hall–Kier alpha value is -1.04. The molecule has 0 bridgehead atoms. The van der Waals surface area contributed by atoms with Crippen molar-refractivity contribution in [2.24, 2.45) is 5.28 Å². The van der Waals surface area contributed by atoms with Gasteiger partial charge in [0.25, 0.3) is 0 Å². The zero-order valence-corrected chi connectivity index (χ0v) is 8.14. The van der Waals surface area contributed by atoms with E-state index >= 15 is 0 Å². The second-order valence-corrected chi connectivity index (χ2v) is 2.38. The largest absolute Gasteiger partial charge is 0.569 e. The van der Waals surface area contributed by atoms with Crippen molar-refractivity contribution < 1.29 is 14.9 Å². The van der Waals surface area contributed by atoms with Crippen molar-refractivity contribution in [3.05, 3.63) is 5.21 Å². The summed E-state index contributed by atoms with van der Waals surface area (Å²) < 4.78 is 0. The molecule has 0 aliphatic rings. The van der Waals surface area contributed by atoms with E-state index in [4.69, 9.17) is 5.11 Å². The first-order chi connectivity index (χ1) is 6.26. The maximum atomic E-state index is 11.1. The number of hydrazine groups is 1. The maximum absolute atomic E-state index is 11.1. The Morgan fingerprint density at radius 3 is 2.54 bits per heavy atom. The summed E-state index contributed by atoms with van der Waals surface area (Å²) in [7, 11) is 0. The smallest absolute Gasteiger partial charge is 0.233 e. The van der Waals surface area contributed by atoms with E-state index in [0.717, 1.165) is 0 Å². The van der Waals surface area contributed by atoms with E-state index in [1.54, 1.807) is 0 Å². The third kappa shape index (κ3) is 5.24. The maximum Gasteiger partial charge on any atom is 0.233 e. The molecular weight excluding hydrogens is 174 g/mol. The van der Waals surface area contributed by atoms with Gasteiger partial charge < -0.3 is 15.2 Å². The van der Waals surface area contributed by atoms with Crippen molar-refractivity contribution in [1.29, 1.82) is 0 Å². The molecule has 0 aromatic rings. The summed E-state index contributed by atoms with van der Waals surface area (Å²) in [5.74, 6) is 0. The first kappa shape index (κ1) is 12.0. The first-order valence-electron chi connectivity index (χ1n) is 4.42. The van der Waals surface area contributed by atoms with Crippen LogP contribution in [0.5, 0.6) is 0 Å². The van der Waals surface area contributed by atoms with Gasteiger partial charge in [-0.1, -0.05) is 0 Å². The van der Waals surface area contributed by atoms with E-state index in [9.17, 15) is 5.21 Å². The number of hydrogen-bond donors (Lipinski definition) is 1. The van der Waals surface area contributed by atoms with Crippen molar-refractivity contribution in [2.45, 2.75) is 20.3 Å². The predicted molar refractivity (Wildman–Crippen MR) is 46.6 cm³/mol. The summed E-state index contributed by atoms with van der Waals surface area (Å²) in [6.07, 6.45) is 0.482. The molecule has 78 valence electrons. The molecule has 0 heterocycles. The van der Waals surface area contributed by atoms with Gasteiger partial charge in [0, 0.05) is 13.0 Å². The van der Waals surface area contributed by atoms with E-state index in [1.807, 2.05) is 13.8 Å². The Morgan fingerprint density at radius 1 is 1.46 bits per heavy atom. The van der Waals surface area contributed by atoms with Gasteiger partial charge in [-0.2, -0.15) is 0 Å². The van der Waals surface area contributed by atoms with E-state index in [2.05, 4.69) is 10.1 Å². The van der Waals surface area contributed by atoms with E-state index in [0.29, 0.717) is 24.5 Å². The summed E-state index contributed by atoms with van der Waals surface area (Å²) in [4.78, 5) is 5.09. The third-order valence-electron chi connectivity index (χ3n) is 1.49. The lowest BCUT2D eigenvalue weighted by Crippen LogP contribution is -2.30. The van der Waals surface area contributed by atoms with Crippen LogP contribution in [0.4, 0.5) is 0 Å².